The SMILES string of the molecule is CC(C)OCC1NCCOC12CCC(F)(F)CC2. The van der Waals surface area contributed by atoms with E-state index in [0.717, 1.165) is 6.54 Å². The van der Waals surface area contributed by atoms with Crippen LogP contribution in [0, 0.1) is 0 Å². The third-order valence-corrected chi connectivity index (χ3v) is 3.94. The van der Waals surface area contributed by atoms with Crippen LogP contribution in [0.25, 0.3) is 0 Å². The molecule has 2 fully saturated rings. The fourth-order valence-corrected chi connectivity index (χ4v) is 2.81. The molecule has 2 aliphatic rings. The summed E-state index contributed by atoms with van der Waals surface area (Å²) in [6, 6.07) is 0.0322. The molecule has 0 aromatic carbocycles. The van der Waals surface area contributed by atoms with Crippen molar-refractivity contribution in [1.29, 1.82) is 0 Å². The van der Waals surface area contributed by atoms with E-state index in [1.165, 1.54) is 0 Å². The minimum absolute atomic E-state index is 0.0322. The molecule has 1 heterocycles. The van der Waals surface area contributed by atoms with Gasteiger partial charge in [0.15, 0.2) is 0 Å². The van der Waals surface area contributed by atoms with Crippen molar-refractivity contribution in [2.24, 2.45) is 0 Å². The molecule has 0 aromatic rings. The first-order chi connectivity index (χ1) is 8.44. The quantitative estimate of drug-likeness (QED) is 0.848. The van der Waals surface area contributed by atoms with Crippen molar-refractivity contribution in [2.45, 2.75) is 63.2 Å². The highest BCUT2D eigenvalue weighted by Gasteiger charge is 2.49. The van der Waals surface area contributed by atoms with Gasteiger partial charge in [-0.3, -0.25) is 0 Å². The summed E-state index contributed by atoms with van der Waals surface area (Å²) in [5.74, 6) is -2.52. The van der Waals surface area contributed by atoms with Gasteiger partial charge < -0.3 is 14.8 Å². The summed E-state index contributed by atoms with van der Waals surface area (Å²) in [5.41, 5.74) is -0.450. The lowest BCUT2D eigenvalue weighted by molar-refractivity contribution is -0.171. The standard InChI is InChI=1S/C13H23F2NO2/c1-10(2)17-9-11-12(18-8-7-16-11)3-5-13(14,15)6-4-12/h10-11,16H,3-9H2,1-2H3. The molecule has 18 heavy (non-hydrogen) atoms. The number of morpholine rings is 1. The molecule has 1 saturated carbocycles. The Morgan fingerprint density at radius 3 is 2.56 bits per heavy atom. The molecule has 1 aliphatic carbocycles. The number of hydrogen-bond acceptors (Lipinski definition) is 3. The monoisotopic (exact) mass is 263 g/mol. The number of rotatable bonds is 3. The Hall–Kier alpha value is -0.260. The van der Waals surface area contributed by atoms with Crippen molar-refractivity contribution >= 4 is 0 Å². The van der Waals surface area contributed by atoms with Crippen molar-refractivity contribution in [3.05, 3.63) is 0 Å². The van der Waals surface area contributed by atoms with Gasteiger partial charge in [0, 0.05) is 19.4 Å². The molecule has 2 rings (SSSR count). The van der Waals surface area contributed by atoms with Gasteiger partial charge in [0.1, 0.15) is 0 Å². The van der Waals surface area contributed by atoms with Crippen LogP contribution in [0.4, 0.5) is 8.78 Å². The maximum Gasteiger partial charge on any atom is 0.248 e. The summed E-state index contributed by atoms with van der Waals surface area (Å²) in [4.78, 5) is 0. The van der Waals surface area contributed by atoms with Crippen molar-refractivity contribution in [3.8, 4) is 0 Å². The molecule has 1 N–H and O–H groups in total. The number of ether oxygens (including phenoxy) is 2. The summed E-state index contributed by atoms with van der Waals surface area (Å²) >= 11 is 0. The first-order valence-corrected chi connectivity index (χ1v) is 6.80. The summed E-state index contributed by atoms with van der Waals surface area (Å²) in [6.07, 6.45) is 0.827. The van der Waals surface area contributed by atoms with Crippen LogP contribution in [0.3, 0.4) is 0 Å². The summed E-state index contributed by atoms with van der Waals surface area (Å²) in [6.45, 7) is 5.86. The fraction of sp³-hybridized carbons (Fsp3) is 1.00. The molecule has 106 valence electrons. The molecule has 1 saturated heterocycles. The average Bonchev–Trinajstić information content (AvgIpc) is 2.32. The molecular formula is C13H23F2NO2. The molecule has 1 unspecified atom stereocenters. The maximum absolute atomic E-state index is 13.3. The van der Waals surface area contributed by atoms with Crippen molar-refractivity contribution in [2.75, 3.05) is 19.8 Å². The summed E-state index contributed by atoms with van der Waals surface area (Å²) < 4.78 is 38.1. The van der Waals surface area contributed by atoms with Crippen LogP contribution in [0.1, 0.15) is 39.5 Å². The zero-order valence-corrected chi connectivity index (χ0v) is 11.2. The molecule has 1 atom stereocenters. The van der Waals surface area contributed by atoms with Gasteiger partial charge in [0.2, 0.25) is 5.92 Å². The highest BCUT2D eigenvalue weighted by molar-refractivity contribution is 5.00. The van der Waals surface area contributed by atoms with Crippen molar-refractivity contribution in [3.63, 3.8) is 0 Å². The molecular weight excluding hydrogens is 240 g/mol. The normalized spacial score (nSPS) is 30.8. The number of nitrogens with one attached hydrogen (secondary N) is 1. The first kappa shape index (κ1) is 14.2. The van der Waals surface area contributed by atoms with E-state index >= 15 is 0 Å². The lowest BCUT2D eigenvalue weighted by Crippen LogP contribution is -2.62. The van der Waals surface area contributed by atoms with E-state index in [-0.39, 0.29) is 25.0 Å². The Morgan fingerprint density at radius 1 is 1.28 bits per heavy atom. The third kappa shape index (κ3) is 3.19. The highest BCUT2D eigenvalue weighted by atomic mass is 19.3. The third-order valence-electron chi connectivity index (χ3n) is 3.94. The predicted molar refractivity (Wildman–Crippen MR) is 65.0 cm³/mol. The second-order valence-corrected chi connectivity index (χ2v) is 5.66. The molecule has 5 heteroatoms. The Bertz CT molecular complexity index is 274. The zero-order valence-electron chi connectivity index (χ0n) is 11.2. The topological polar surface area (TPSA) is 30.5 Å². The van der Waals surface area contributed by atoms with E-state index in [4.69, 9.17) is 9.47 Å². The highest BCUT2D eigenvalue weighted by Crippen LogP contribution is 2.43. The van der Waals surface area contributed by atoms with Gasteiger partial charge in [-0.2, -0.15) is 0 Å². The van der Waals surface area contributed by atoms with Crippen LogP contribution >= 0.6 is 0 Å². The largest absolute Gasteiger partial charge is 0.377 e. The van der Waals surface area contributed by atoms with E-state index in [9.17, 15) is 8.78 Å². The number of hydrogen-bond donors (Lipinski definition) is 1. The van der Waals surface area contributed by atoms with E-state index in [1.807, 2.05) is 13.8 Å². The Labute approximate surface area is 107 Å². The average molecular weight is 263 g/mol. The smallest absolute Gasteiger partial charge is 0.248 e. The minimum Gasteiger partial charge on any atom is -0.377 e. The van der Waals surface area contributed by atoms with Crippen LogP contribution in [-0.2, 0) is 9.47 Å². The lowest BCUT2D eigenvalue weighted by Gasteiger charge is -2.48. The van der Waals surface area contributed by atoms with E-state index < -0.39 is 11.5 Å². The van der Waals surface area contributed by atoms with E-state index in [1.54, 1.807) is 0 Å². The number of alkyl halides is 2. The molecule has 0 bridgehead atoms. The van der Waals surface area contributed by atoms with Crippen molar-refractivity contribution in [1.82, 2.24) is 5.32 Å². The Kier molecular flexibility index (Phi) is 4.24. The predicted octanol–water partition coefficient (Wildman–Crippen LogP) is 2.35. The second kappa shape index (κ2) is 5.39. The summed E-state index contributed by atoms with van der Waals surface area (Å²) in [5, 5.41) is 3.37. The molecule has 1 spiro atoms. The van der Waals surface area contributed by atoms with Gasteiger partial charge >= 0.3 is 0 Å². The summed E-state index contributed by atoms with van der Waals surface area (Å²) in [7, 11) is 0. The zero-order chi connectivity index (χ0) is 13.2. The van der Waals surface area contributed by atoms with Crippen LogP contribution < -0.4 is 5.32 Å². The minimum atomic E-state index is -2.52. The van der Waals surface area contributed by atoms with Crippen LogP contribution in [0.2, 0.25) is 0 Å². The van der Waals surface area contributed by atoms with Crippen LogP contribution in [0.15, 0.2) is 0 Å². The van der Waals surface area contributed by atoms with Gasteiger partial charge in [-0.05, 0) is 26.7 Å². The fourth-order valence-electron chi connectivity index (χ4n) is 2.81. The molecule has 3 nitrogen and oxygen atoms in total. The van der Waals surface area contributed by atoms with Gasteiger partial charge in [-0.15, -0.1) is 0 Å². The first-order valence-electron chi connectivity index (χ1n) is 6.80. The van der Waals surface area contributed by atoms with Crippen LogP contribution in [0.5, 0.6) is 0 Å². The molecule has 0 radical (unpaired) electrons. The Morgan fingerprint density at radius 2 is 1.94 bits per heavy atom. The van der Waals surface area contributed by atoms with Crippen LogP contribution in [-0.4, -0.2) is 43.4 Å². The molecule has 1 aliphatic heterocycles. The van der Waals surface area contributed by atoms with Gasteiger partial charge in [0.05, 0.1) is 31.0 Å². The molecule has 0 aromatic heterocycles. The van der Waals surface area contributed by atoms with E-state index in [0.29, 0.717) is 26.1 Å². The maximum atomic E-state index is 13.3. The second-order valence-electron chi connectivity index (χ2n) is 5.66. The van der Waals surface area contributed by atoms with Gasteiger partial charge in [0.25, 0.3) is 0 Å². The molecule has 0 amide bonds. The van der Waals surface area contributed by atoms with Gasteiger partial charge in [-0.1, -0.05) is 0 Å². The number of halogens is 2. The Balaban J connectivity index is 1.98. The lowest BCUT2D eigenvalue weighted by atomic mass is 9.77. The van der Waals surface area contributed by atoms with Crippen molar-refractivity contribution < 1.29 is 18.3 Å². The van der Waals surface area contributed by atoms with Gasteiger partial charge in [-0.25, -0.2) is 8.78 Å². The van der Waals surface area contributed by atoms with E-state index in [2.05, 4.69) is 5.32 Å².